The van der Waals surface area contributed by atoms with Crippen molar-refractivity contribution in [3.05, 3.63) is 35.5 Å². The molecule has 1 atom stereocenters. The fraction of sp³-hybridized carbons (Fsp3) is 0.474. The first-order valence-electron chi connectivity index (χ1n) is 8.84. The standard InChI is InChI=1S/C19H20BF3NO3/c1-17(2)18(3,4)27-20(26-17)12-6-5-11-7-8-24(16(25)13(11)9-12)15-10-14(15)19(21,22)23/h5-9,14H,10H2,1-4H3/q+1/t14-/m0/s1. The Morgan fingerprint density at radius 1 is 1.15 bits per heavy atom. The largest absolute Gasteiger partial charge is 0.494 e. The van der Waals surface area contributed by atoms with Gasteiger partial charge in [0.15, 0.2) is 11.9 Å². The van der Waals surface area contributed by atoms with Crippen molar-refractivity contribution in [2.75, 3.05) is 0 Å². The van der Waals surface area contributed by atoms with Crippen LogP contribution in [0, 0.1) is 5.92 Å². The van der Waals surface area contributed by atoms with E-state index in [1.165, 1.54) is 6.20 Å². The van der Waals surface area contributed by atoms with E-state index in [0.717, 1.165) is 4.58 Å². The Balaban J connectivity index is 1.66. The predicted molar refractivity (Wildman–Crippen MR) is 95.0 cm³/mol. The Morgan fingerprint density at radius 2 is 1.78 bits per heavy atom. The SMILES string of the molecule is CC1(C)OB(c2ccc3c(c2)C(=O)[N+](=C2C[C@@H]2C(F)(F)F)C=C3)OC1(C)C. The van der Waals surface area contributed by atoms with Crippen molar-refractivity contribution in [2.24, 2.45) is 5.92 Å². The van der Waals surface area contributed by atoms with Gasteiger partial charge in [-0.15, -0.1) is 4.58 Å². The summed E-state index contributed by atoms with van der Waals surface area (Å²) in [5.41, 5.74) is 0.742. The molecule has 0 radical (unpaired) electrons. The lowest BCUT2D eigenvalue weighted by molar-refractivity contribution is -0.351. The Bertz CT molecular complexity index is 886. The van der Waals surface area contributed by atoms with E-state index in [-0.39, 0.29) is 12.1 Å². The van der Waals surface area contributed by atoms with Gasteiger partial charge in [-0.2, -0.15) is 13.2 Å². The maximum Gasteiger partial charge on any atom is 0.494 e. The molecule has 1 aromatic rings. The summed E-state index contributed by atoms with van der Waals surface area (Å²) in [6.07, 6.45) is -1.37. The molecule has 0 N–H and O–H groups in total. The average Bonchev–Trinajstić information content (AvgIpc) is 3.30. The molecule has 0 bridgehead atoms. The van der Waals surface area contributed by atoms with Crippen molar-refractivity contribution in [2.45, 2.75) is 51.5 Å². The van der Waals surface area contributed by atoms with E-state index in [4.69, 9.17) is 9.31 Å². The molecule has 4 nitrogen and oxygen atoms in total. The molecular formula is C19H20BF3NO3+. The first-order valence-corrected chi connectivity index (χ1v) is 8.84. The molecule has 142 valence electrons. The number of halogens is 3. The third-order valence-corrected chi connectivity index (χ3v) is 5.82. The summed E-state index contributed by atoms with van der Waals surface area (Å²) < 4.78 is 51.7. The van der Waals surface area contributed by atoms with Crippen LogP contribution >= 0.6 is 0 Å². The number of hydrogen-bond acceptors (Lipinski definition) is 3. The van der Waals surface area contributed by atoms with Crippen LogP contribution in [0.3, 0.4) is 0 Å². The Morgan fingerprint density at radius 3 is 2.33 bits per heavy atom. The fourth-order valence-corrected chi connectivity index (χ4v) is 3.33. The van der Waals surface area contributed by atoms with Gasteiger partial charge >= 0.3 is 19.2 Å². The van der Waals surface area contributed by atoms with Crippen molar-refractivity contribution in [3.63, 3.8) is 0 Å². The summed E-state index contributed by atoms with van der Waals surface area (Å²) in [4.78, 5) is 12.8. The van der Waals surface area contributed by atoms with Crippen LogP contribution in [-0.4, -0.2) is 40.7 Å². The number of alkyl halides is 3. The number of rotatable bonds is 1. The summed E-state index contributed by atoms with van der Waals surface area (Å²) >= 11 is 0. The quantitative estimate of drug-likeness (QED) is 0.557. The summed E-state index contributed by atoms with van der Waals surface area (Å²) in [6, 6.07) is 5.24. The van der Waals surface area contributed by atoms with Gasteiger partial charge < -0.3 is 9.31 Å². The molecule has 0 spiro atoms. The third-order valence-electron chi connectivity index (χ3n) is 5.82. The minimum absolute atomic E-state index is 0.0930. The molecule has 2 heterocycles. The lowest BCUT2D eigenvalue weighted by atomic mass is 9.77. The summed E-state index contributed by atoms with van der Waals surface area (Å²) in [6.45, 7) is 7.73. The molecule has 1 saturated heterocycles. The topological polar surface area (TPSA) is 38.5 Å². The van der Waals surface area contributed by atoms with Crippen LogP contribution in [0.15, 0.2) is 24.4 Å². The third kappa shape index (κ3) is 2.95. The molecule has 0 aromatic heterocycles. The minimum atomic E-state index is -4.31. The second kappa shape index (κ2) is 5.55. The zero-order chi connectivity index (χ0) is 19.8. The highest BCUT2D eigenvalue weighted by molar-refractivity contribution is 6.62. The molecule has 1 saturated carbocycles. The van der Waals surface area contributed by atoms with Gasteiger partial charge in [0.05, 0.1) is 23.2 Å². The average molecular weight is 378 g/mol. The zero-order valence-corrected chi connectivity index (χ0v) is 15.6. The highest BCUT2D eigenvalue weighted by Gasteiger charge is 2.60. The first kappa shape index (κ1) is 18.4. The highest BCUT2D eigenvalue weighted by atomic mass is 19.4. The molecule has 27 heavy (non-hydrogen) atoms. The Kier molecular flexibility index (Phi) is 3.79. The van der Waals surface area contributed by atoms with Gasteiger partial charge in [0, 0.05) is 6.08 Å². The number of benzene rings is 1. The van der Waals surface area contributed by atoms with E-state index < -0.39 is 36.3 Å². The first-order chi connectivity index (χ1) is 12.4. The van der Waals surface area contributed by atoms with Crippen molar-refractivity contribution in [3.8, 4) is 0 Å². The van der Waals surface area contributed by atoms with Gasteiger partial charge in [-0.05, 0) is 44.8 Å². The summed E-state index contributed by atoms with van der Waals surface area (Å²) in [7, 11) is -0.635. The number of carbonyl (C=O) groups is 1. The van der Waals surface area contributed by atoms with Crippen LogP contribution in [0.1, 0.15) is 50.0 Å². The number of carbonyl (C=O) groups excluding carboxylic acids is 1. The lowest BCUT2D eigenvalue weighted by Crippen LogP contribution is -2.41. The summed E-state index contributed by atoms with van der Waals surface area (Å²) in [5, 5.41) is 0. The van der Waals surface area contributed by atoms with Gasteiger partial charge in [0.1, 0.15) is 5.92 Å². The number of amides is 1. The smallest absolute Gasteiger partial charge is 0.399 e. The molecule has 8 heteroatoms. The minimum Gasteiger partial charge on any atom is -0.399 e. The van der Waals surface area contributed by atoms with Crippen molar-refractivity contribution in [1.29, 1.82) is 0 Å². The van der Waals surface area contributed by atoms with Gasteiger partial charge in [-0.1, -0.05) is 12.1 Å². The maximum absolute atomic E-state index is 12.9. The second-order valence-corrected chi connectivity index (χ2v) is 8.22. The van der Waals surface area contributed by atoms with E-state index >= 15 is 0 Å². The molecule has 1 aliphatic carbocycles. The van der Waals surface area contributed by atoms with Gasteiger partial charge in [0.25, 0.3) is 0 Å². The predicted octanol–water partition coefficient (Wildman–Crippen LogP) is 3.15. The molecule has 2 aliphatic heterocycles. The van der Waals surface area contributed by atoms with Crippen LogP contribution in [-0.2, 0) is 9.31 Å². The van der Waals surface area contributed by atoms with E-state index in [0.29, 0.717) is 16.6 Å². The van der Waals surface area contributed by atoms with Crippen LogP contribution in [0.2, 0.25) is 0 Å². The normalized spacial score (nSPS) is 28.5. The molecule has 1 aromatic carbocycles. The second-order valence-electron chi connectivity index (χ2n) is 8.22. The molecular weight excluding hydrogens is 358 g/mol. The van der Waals surface area contributed by atoms with Crippen molar-refractivity contribution < 1.29 is 31.9 Å². The monoisotopic (exact) mass is 378 g/mol. The molecule has 3 aliphatic rings. The van der Waals surface area contributed by atoms with Gasteiger partial charge in [-0.25, -0.2) is 4.79 Å². The van der Waals surface area contributed by atoms with Gasteiger partial charge in [-0.3, -0.25) is 0 Å². The van der Waals surface area contributed by atoms with Crippen molar-refractivity contribution in [1.82, 2.24) is 0 Å². The highest BCUT2D eigenvalue weighted by Crippen LogP contribution is 2.42. The maximum atomic E-state index is 12.9. The fourth-order valence-electron chi connectivity index (χ4n) is 3.33. The zero-order valence-electron chi connectivity index (χ0n) is 15.6. The summed E-state index contributed by atoms with van der Waals surface area (Å²) in [5.74, 6) is -1.98. The molecule has 4 rings (SSSR count). The van der Waals surface area contributed by atoms with Crippen molar-refractivity contribution >= 4 is 30.3 Å². The van der Waals surface area contributed by atoms with Crippen LogP contribution < -0.4 is 5.46 Å². The van der Waals surface area contributed by atoms with Crippen LogP contribution in [0.25, 0.3) is 6.08 Å². The molecule has 1 amide bonds. The Hall–Kier alpha value is -1.93. The Labute approximate surface area is 155 Å². The van der Waals surface area contributed by atoms with Crippen LogP contribution in [0.5, 0.6) is 0 Å². The molecule has 2 fully saturated rings. The van der Waals surface area contributed by atoms with Gasteiger partial charge in [0.2, 0.25) is 0 Å². The van der Waals surface area contributed by atoms with E-state index in [2.05, 4.69) is 0 Å². The van der Waals surface area contributed by atoms with E-state index in [1.807, 2.05) is 33.8 Å². The van der Waals surface area contributed by atoms with E-state index in [9.17, 15) is 18.0 Å². The molecule has 0 unspecified atom stereocenters. The number of fused-ring (bicyclic) bond motifs is 1. The van der Waals surface area contributed by atoms with Crippen LogP contribution in [0.4, 0.5) is 13.2 Å². The lowest BCUT2D eigenvalue weighted by Gasteiger charge is -2.32. The number of nitrogens with zero attached hydrogens (tertiary/aromatic N) is 1. The van der Waals surface area contributed by atoms with E-state index in [1.54, 1.807) is 18.2 Å². The number of hydrogen-bond donors (Lipinski definition) is 0.